The van der Waals surface area contributed by atoms with Gasteiger partial charge in [0.05, 0.1) is 11.6 Å². The first kappa shape index (κ1) is 25.2. The number of carbonyl (C=O) groups is 2. The van der Waals surface area contributed by atoms with E-state index in [0.29, 0.717) is 59.6 Å². The summed E-state index contributed by atoms with van der Waals surface area (Å²) >= 11 is 9.60. The fourth-order valence-electron chi connectivity index (χ4n) is 4.60. The Hall–Kier alpha value is -1.94. The van der Waals surface area contributed by atoms with Gasteiger partial charge in [-0.1, -0.05) is 40.5 Å². The Labute approximate surface area is 213 Å². The summed E-state index contributed by atoms with van der Waals surface area (Å²) < 4.78 is 29.6. The van der Waals surface area contributed by atoms with Crippen LogP contribution in [-0.4, -0.2) is 44.2 Å². The minimum atomic E-state index is -3.93. The summed E-state index contributed by atoms with van der Waals surface area (Å²) in [6, 6.07) is 8.73. The predicted molar refractivity (Wildman–Crippen MR) is 137 cm³/mol. The summed E-state index contributed by atoms with van der Waals surface area (Å²) in [5.41, 5.74) is 2.69. The van der Waals surface area contributed by atoms with Gasteiger partial charge in [-0.3, -0.25) is 9.59 Å². The molecule has 1 fully saturated rings. The molecule has 0 aliphatic carbocycles. The van der Waals surface area contributed by atoms with E-state index in [1.165, 1.54) is 4.31 Å². The average Bonchev–Trinajstić information content (AvgIpc) is 3.24. The summed E-state index contributed by atoms with van der Waals surface area (Å²) in [6.45, 7) is 4.46. The van der Waals surface area contributed by atoms with Crippen molar-refractivity contribution in [1.29, 1.82) is 0 Å². The second-order valence-corrected chi connectivity index (χ2v) is 11.9. The molecule has 10 heteroatoms. The molecule has 2 aliphatic heterocycles. The van der Waals surface area contributed by atoms with Crippen molar-refractivity contribution in [2.24, 2.45) is 5.92 Å². The van der Waals surface area contributed by atoms with E-state index in [1.807, 2.05) is 13.0 Å². The van der Waals surface area contributed by atoms with Crippen LogP contribution >= 0.6 is 27.5 Å². The lowest BCUT2D eigenvalue weighted by Crippen LogP contribution is -2.44. The van der Waals surface area contributed by atoms with Crippen LogP contribution in [-0.2, 0) is 26.0 Å². The minimum Gasteiger partial charge on any atom is -0.326 e. The molecule has 1 saturated heterocycles. The summed E-state index contributed by atoms with van der Waals surface area (Å²) in [7, 11) is -3.93. The molecule has 4 rings (SSSR count). The van der Waals surface area contributed by atoms with Crippen LogP contribution in [0.2, 0.25) is 5.02 Å². The van der Waals surface area contributed by atoms with Gasteiger partial charge >= 0.3 is 0 Å². The fourth-order valence-corrected chi connectivity index (χ4v) is 7.21. The predicted octanol–water partition coefficient (Wildman–Crippen LogP) is 4.75. The summed E-state index contributed by atoms with van der Waals surface area (Å²) in [6.07, 6.45) is 2.06. The van der Waals surface area contributed by atoms with E-state index in [0.717, 1.165) is 11.1 Å². The fraction of sp³-hybridized carbons (Fsp3) is 0.417. The zero-order valence-electron chi connectivity index (χ0n) is 19.1. The molecule has 0 unspecified atom stereocenters. The summed E-state index contributed by atoms with van der Waals surface area (Å²) in [5, 5.41) is 3.46. The van der Waals surface area contributed by atoms with Crippen molar-refractivity contribution < 1.29 is 18.0 Å². The third kappa shape index (κ3) is 4.76. The van der Waals surface area contributed by atoms with E-state index in [9.17, 15) is 18.0 Å². The largest absolute Gasteiger partial charge is 0.326 e. The van der Waals surface area contributed by atoms with Gasteiger partial charge in [-0.15, -0.1) is 0 Å². The molecule has 2 heterocycles. The van der Waals surface area contributed by atoms with Crippen LogP contribution in [0.4, 0.5) is 11.4 Å². The molecule has 2 aromatic carbocycles. The molecule has 2 aromatic rings. The molecule has 0 saturated carbocycles. The Balaban J connectivity index is 1.61. The van der Waals surface area contributed by atoms with Crippen LogP contribution in [0.15, 0.2) is 39.7 Å². The van der Waals surface area contributed by atoms with Crippen molar-refractivity contribution in [2.75, 3.05) is 29.9 Å². The van der Waals surface area contributed by atoms with Crippen molar-refractivity contribution in [2.45, 2.75) is 44.4 Å². The van der Waals surface area contributed by atoms with E-state index in [4.69, 9.17) is 11.6 Å². The van der Waals surface area contributed by atoms with Crippen molar-refractivity contribution in [3.63, 3.8) is 0 Å². The molecule has 2 aliphatic rings. The number of hydrogen-bond donors (Lipinski definition) is 1. The highest BCUT2D eigenvalue weighted by molar-refractivity contribution is 9.10. The topological polar surface area (TPSA) is 86.8 Å². The number of carbonyl (C=O) groups excluding carboxylic acids is 2. The zero-order valence-corrected chi connectivity index (χ0v) is 22.3. The van der Waals surface area contributed by atoms with Crippen molar-refractivity contribution in [3.8, 4) is 0 Å². The third-order valence-corrected chi connectivity index (χ3v) is 9.24. The molecule has 0 radical (unpaired) electrons. The number of rotatable bonds is 5. The van der Waals surface area contributed by atoms with Gasteiger partial charge in [-0.05, 0) is 61.6 Å². The maximum Gasteiger partial charge on any atom is 0.245 e. The minimum absolute atomic E-state index is 0.0801. The lowest BCUT2D eigenvalue weighted by molar-refractivity contribution is -0.121. The van der Waals surface area contributed by atoms with Crippen molar-refractivity contribution >= 4 is 60.7 Å². The molecule has 34 heavy (non-hydrogen) atoms. The lowest BCUT2D eigenvalue weighted by Gasteiger charge is -2.32. The monoisotopic (exact) mass is 567 g/mol. The zero-order chi connectivity index (χ0) is 24.6. The number of amides is 2. The quantitative estimate of drug-likeness (QED) is 0.564. The van der Waals surface area contributed by atoms with E-state index in [-0.39, 0.29) is 23.3 Å². The van der Waals surface area contributed by atoms with Gasteiger partial charge in [0, 0.05) is 41.2 Å². The standard InChI is InChI=1S/C24H27BrClN3O4S/c1-3-22(30)29-11-9-16-12-18(25)13-21(23(16)29)34(32,33)28-10-5-6-17(14-28)24(31)27-20-8-4-7-19(26)15(20)2/h4,7-8,12-13,17H,3,5-6,9-11,14H2,1-2H3,(H,27,31)/t17-/m1/s1. The first-order valence-corrected chi connectivity index (χ1v) is 13.9. The van der Waals surface area contributed by atoms with Crippen LogP contribution in [0.1, 0.15) is 37.3 Å². The first-order valence-electron chi connectivity index (χ1n) is 11.3. The SMILES string of the molecule is CCC(=O)N1CCc2cc(Br)cc(S(=O)(=O)N3CCC[C@@H](C(=O)Nc4cccc(Cl)c4C)C3)c21. The Morgan fingerprint density at radius 1 is 1.24 bits per heavy atom. The second kappa shape index (κ2) is 9.97. The van der Waals surface area contributed by atoms with E-state index in [2.05, 4.69) is 21.2 Å². The lowest BCUT2D eigenvalue weighted by atomic mass is 9.98. The smallest absolute Gasteiger partial charge is 0.245 e. The molecular weight excluding hydrogens is 542 g/mol. The van der Waals surface area contributed by atoms with Gasteiger partial charge in [-0.2, -0.15) is 4.31 Å². The first-order chi connectivity index (χ1) is 16.1. The number of sulfonamides is 1. The van der Waals surface area contributed by atoms with Crippen LogP contribution in [0.3, 0.4) is 0 Å². The number of halogens is 2. The van der Waals surface area contributed by atoms with Crippen LogP contribution in [0.5, 0.6) is 0 Å². The number of nitrogens with one attached hydrogen (secondary N) is 1. The molecule has 1 atom stereocenters. The second-order valence-electron chi connectivity index (χ2n) is 8.66. The Morgan fingerprint density at radius 3 is 2.74 bits per heavy atom. The van der Waals surface area contributed by atoms with Gasteiger partial charge in [0.2, 0.25) is 21.8 Å². The van der Waals surface area contributed by atoms with Gasteiger partial charge in [0.1, 0.15) is 4.90 Å². The van der Waals surface area contributed by atoms with Crippen LogP contribution in [0, 0.1) is 12.8 Å². The molecule has 7 nitrogen and oxygen atoms in total. The van der Waals surface area contributed by atoms with Gasteiger partial charge in [0.15, 0.2) is 0 Å². The van der Waals surface area contributed by atoms with Crippen molar-refractivity contribution in [1.82, 2.24) is 4.31 Å². The van der Waals surface area contributed by atoms with E-state index >= 15 is 0 Å². The van der Waals surface area contributed by atoms with Gasteiger partial charge in [-0.25, -0.2) is 8.42 Å². The highest BCUT2D eigenvalue weighted by atomic mass is 79.9. The van der Waals surface area contributed by atoms with Gasteiger partial charge in [0.25, 0.3) is 0 Å². The highest BCUT2D eigenvalue weighted by Crippen LogP contribution is 2.40. The molecule has 2 amide bonds. The molecule has 182 valence electrons. The van der Waals surface area contributed by atoms with Crippen LogP contribution < -0.4 is 10.2 Å². The van der Waals surface area contributed by atoms with Crippen LogP contribution in [0.25, 0.3) is 0 Å². The number of nitrogens with zero attached hydrogens (tertiary/aromatic N) is 2. The number of benzene rings is 2. The molecular formula is C24H27BrClN3O4S. The highest BCUT2D eigenvalue weighted by Gasteiger charge is 2.38. The molecule has 0 bridgehead atoms. The molecule has 0 spiro atoms. The maximum absolute atomic E-state index is 13.8. The van der Waals surface area contributed by atoms with Gasteiger partial charge < -0.3 is 10.2 Å². The Kier molecular flexibility index (Phi) is 7.38. The van der Waals surface area contributed by atoms with Crippen molar-refractivity contribution in [3.05, 3.63) is 51.0 Å². The number of anilines is 2. The third-order valence-electron chi connectivity index (χ3n) is 6.50. The van der Waals surface area contributed by atoms with E-state index < -0.39 is 15.9 Å². The molecule has 0 aromatic heterocycles. The Morgan fingerprint density at radius 2 is 2.00 bits per heavy atom. The summed E-state index contributed by atoms with van der Waals surface area (Å²) in [4.78, 5) is 27.2. The number of piperidine rings is 1. The number of fused-ring (bicyclic) bond motifs is 1. The molecule has 1 N–H and O–H groups in total. The average molecular weight is 569 g/mol. The Bertz CT molecular complexity index is 1250. The maximum atomic E-state index is 13.8. The number of hydrogen-bond acceptors (Lipinski definition) is 4. The van der Waals surface area contributed by atoms with E-state index in [1.54, 1.807) is 36.1 Å². The normalized spacial score (nSPS) is 18.6. The summed E-state index contributed by atoms with van der Waals surface area (Å²) in [5.74, 6) is -0.826.